The molecule has 2 rings (SSSR count). The third-order valence-corrected chi connectivity index (χ3v) is 3.23. The van der Waals surface area contributed by atoms with Crippen molar-refractivity contribution in [2.75, 3.05) is 7.05 Å². The van der Waals surface area contributed by atoms with Gasteiger partial charge >= 0.3 is 0 Å². The molecule has 22 heavy (non-hydrogen) atoms. The fourth-order valence-corrected chi connectivity index (χ4v) is 2.10. The molecular formula is C14H13N2O4SrY-. The zero-order valence-corrected chi connectivity index (χ0v) is 18.5. The van der Waals surface area contributed by atoms with Crippen LogP contribution in [0.3, 0.4) is 0 Å². The van der Waals surface area contributed by atoms with Crippen LogP contribution in [0.4, 0.5) is 0 Å². The molecule has 1 aromatic carbocycles. The van der Waals surface area contributed by atoms with E-state index in [9.17, 15) is 19.2 Å². The van der Waals surface area contributed by atoms with E-state index >= 15 is 0 Å². The van der Waals surface area contributed by atoms with Crippen molar-refractivity contribution in [3.8, 4) is 0 Å². The van der Waals surface area contributed by atoms with Crippen molar-refractivity contribution in [2.45, 2.75) is 18.9 Å². The van der Waals surface area contributed by atoms with E-state index in [-0.39, 0.29) is 108 Å². The van der Waals surface area contributed by atoms with Crippen molar-refractivity contribution in [1.82, 2.24) is 10.2 Å². The molecule has 3 amide bonds. The normalized spacial score (nSPS) is 16.7. The van der Waals surface area contributed by atoms with Crippen molar-refractivity contribution >= 4 is 69.5 Å². The van der Waals surface area contributed by atoms with E-state index < -0.39 is 17.9 Å². The minimum Gasteiger partial charge on any atom is -0.370 e. The second-order valence-corrected chi connectivity index (χ2v) is 4.50. The molecule has 0 spiro atoms. The maximum atomic E-state index is 12.3. The van der Waals surface area contributed by atoms with Crippen LogP contribution in [0.1, 0.15) is 33.6 Å². The van der Waals surface area contributed by atoms with Crippen molar-refractivity contribution in [3.63, 3.8) is 0 Å². The molecule has 1 unspecified atom stereocenters. The summed E-state index contributed by atoms with van der Waals surface area (Å²) in [6, 6.07) is 6.63. The molecule has 109 valence electrons. The number of nitrogens with zero attached hydrogens (tertiary/aromatic N) is 1. The van der Waals surface area contributed by atoms with E-state index in [4.69, 9.17) is 0 Å². The van der Waals surface area contributed by atoms with Crippen molar-refractivity contribution in [1.29, 1.82) is 0 Å². The van der Waals surface area contributed by atoms with Gasteiger partial charge in [-0.15, -0.1) is 24.3 Å². The van der Waals surface area contributed by atoms with Gasteiger partial charge in [0.1, 0.15) is 12.3 Å². The number of likely N-dealkylation sites (N-methyl/N-ethyl adjacent to an activating group) is 1. The molecule has 1 heterocycles. The van der Waals surface area contributed by atoms with Gasteiger partial charge in [0.15, 0.2) is 5.91 Å². The van der Waals surface area contributed by atoms with Crippen LogP contribution in [0, 0.1) is 6.07 Å². The van der Waals surface area contributed by atoms with Crippen LogP contribution in [0.5, 0.6) is 0 Å². The van der Waals surface area contributed by atoms with Crippen LogP contribution in [0.15, 0.2) is 18.2 Å². The molecule has 8 heteroatoms. The molecular weight excluding hydrogens is 437 g/mol. The minimum absolute atomic E-state index is 0. The smallest absolute Gasteiger partial charge is 0.248 e. The molecule has 1 aliphatic heterocycles. The Morgan fingerprint density at radius 1 is 1.45 bits per heavy atom. The molecule has 0 saturated carbocycles. The summed E-state index contributed by atoms with van der Waals surface area (Å²) in [5.41, 5.74) is 0.339. The zero-order valence-electron chi connectivity index (χ0n) is 12.2. The van der Waals surface area contributed by atoms with Gasteiger partial charge in [0.25, 0.3) is 0 Å². The first-order valence-electron chi connectivity index (χ1n) is 6.11. The summed E-state index contributed by atoms with van der Waals surface area (Å²) >= 11 is 0. The predicted octanol–water partition coefficient (Wildman–Crippen LogP) is -0.207. The van der Waals surface area contributed by atoms with Crippen LogP contribution in [0.25, 0.3) is 0 Å². The van der Waals surface area contributed by atoms with Crippen LogP contribution in [0.2, 0.25) is 0 Å². The van der Waals surface area contributed by atoms with E-state index in [0.29, 0.717) is 6.29 Å². The molecule has 1 atom stereocenters. The number of piperidine rings is 1. The van der Waals surface area contributed by atoms with Crippen molar-refractivity contribution in [2.24, 2.45) is 0 Å². The minimum atomic E-state index is -0.715. The monoisotopic (exact) mass is 450 g/mol. The van der Waals surface area contributed by atoms with Crippen molar-refractivity contribution < 1.29 is 51.9 Å². The number of imide groups is 1. The van der Waals surface area contributed by atoms with Gasteiger partial charge in [0, 0.05) is 91.7 Å². The van der Waals surface area contributed by atoms with Gasteiger partial charge in [0.05, 0.1) is 0 Å². The summed E-state index contributed by atoms with van der Waals surface area (Å²) in [4.78, 5) is 47.3. The summed E-state index contributed by atoms with van der Waals surface area (Å²) in [6.45, 7) is 0. The number of carbonyl (C=O) groups excluding carboxylic acids is 4. The van der Waals surface area contributed by atoms with Crippen LogP contribution < -0.4 is 5.32 Å². The number of aldehydes is 1. The van der Waals surface area contributed by atoms with Gasteiger partial charge in [-0.25, -0.2) is 0 Å². The van der Waals surface area contributed by atoms with Gasteiger partial charge < -0.3 is 14.5 Å². The number of hydrogen-bond donors (Lipinski definition) is 1. The molecule has 1 aliphatic rings. The van der Waals surface area contributed by atoms with Crippen LogP contribution >= 0.6 is 0 Å². The number of rotatable bonds is 3. The number of amides is 3. The van der Waals surface area contributed by atoms with Gasteiger partial charge in [-0.1, -0.05) is 11.1 Å². The van der Waals surface area contributed by atoms with Crippen LogP contribution in [-0.4, -0.2) is 87.5 Å². The Labute approximate surface area is 190 Å². The number of nitrogens with one attached hydrogen (secondary N) is 1. The van der Waals surface area contributed by atoms with Crippen LogP contribution in [-0.2, 0) is 42.3 Å². The zero-order chi connectivity index (χ0) is 14.7. The summed E-state index contributed by atoms with van der Waals surface area (Å²) in [5.74, 6) is -1.31. The topological polar surface area (TPSA) is 83.6 Å². The third-order valence-electron chi connectivity index (χ3n) is 3.23. The maximum absolute atomic E-state index is 12.3. The number of carbonyl (C=O) groups is 4. The first kappa shape index (κ1) is 22.1. The molecule has 6 nitrogen and oxygen atoms in total. The van der Waals surface area contributed by atoms with Gasteiger partial charge in [0.2, 0.25) is 11.8 Å². The first-order valence-corrected chi connectivity index (χ1v) is 6.11. The summed E-state index contributed by atoms with van der Waals surface area (Å²) < 4.78 is 0. The molecule has 0 aromatic heterocycles. The van der Waals surface area contributed by atoms with E-state index in [0.717, 1.165) is 0 Å². The van der Waals surface area contributed by atoms with E-state index in [2.05, 4.69) is 11.4 Å². The van der Waals surface area contributed by atoms with Crippen molar-refractivity contribution in [3.05, 3.63) is 35.4 Å². The molecule has 0 bridgehead atoms. The third kappa shape index (κ3) is 5.04. The Kier molecular flexibility index (Phi) is 10.1. The first-order chi connectivity index (χ1) is 9.54. The van der Waals surface area contributed by atoms with E-state index in [1.807, 2.05) is 0 Å². The summed E-state index contributed by atoms with van der Waals surface area (Å²) in [5, 5.41) is 2.19. The second-order valence-electron chi connectivity index (χ2n) is 4.50. The number of benzene rings is 1. The van der Waals surface area contributed by atoms with Gasteiger partial charge in [-0.2, -0.15) is 0 Å². The summed E-state index contributed by atoms with van der Waals surface area (Å²) in [6.07, 6.45) is 1.03. The largest absolute Gasteiger partial charge is 0.370 e. The maximum Gasteiger partial charge on any atom is 0.248 e. The average molecular weight is 450 g/mol. The Hall–Kier alpha value is 0.0844. The standard InChI is InChI=1S/C14H13N2O4.Sr.Y/c1-16(11-6-7-12(18)15-13(11)19)14(20)10-5-3-2-4-9(10)8-17;;/h2-4,8,11H,6-7H2,1H3,(H,15,18,19);;/q-1;;. The van der Waals surface area contributed by atoms with Gasteiger partial charge in [-0.05, 0) is 6.42 Å². The Bertz CT molecular complexity index is 594. The molecule has 3 radical (unpaired) electrons. The molecule has 1 fully saturated rings. The Morgan fingerprint density at radius 2 is 2.14 bits per heavy atom. The molecule has 0 aliphatic carbocycles. The Balaban J connectivity index is 0.00000220. The van der Waals surface area contributed by atoms with E-state index in [1.54, 1.807) is 6.07 Å². The second kappa shape index (κ2) is 10.1. The van der Waals surface area contributed by atoms with Gasteiger partial charge in [-0.3, -0.25) is 14.9 Å². The predicted molar refractivity (Wildman–Crippen MR) is 74.7 cm³/mol. The number of hydrogen-bond acceptors (Lipinski definition) is 4. The Morgan fingerprint density at radius 3 is 2.73 bits per heavy atom. The molecule has 1 saturated heterocycles. The fourth-order valence-electron chi connectivity index (χ4n) is 2.10. The molecule has 1 N–H and O–H groups in total. The SMILES string of the molecule is CN(C(=O)c1[c-]cccc1C=O)C1CCC(=O)NC1=O.[Sr].[Y]. The molecule has 1 aromatic rings. The summed E-state index contributed by atoms with van der Waals surface area (Å²) in [7, 11) is 1.47. The average Bonchev–Trinajstić information content (AvgIpc) is 2.45. The van der Waals surface area contributed by atoms with E-state index in [1.165, 1.54) is 24.1 Å². The quantitative estimate of drug-likeness (QED) is 0.300. The fraction of sp³-hybridized carbons (Fsp3) is 0.286.